The van der Waals surface area contributed by atoms with Gasteiger partial charge in [0, 0.05) is 36.4 Å². The van der Waals surface area contributed by atoms with Crippen LogP contribution in [0, 0.1) is 0 Å². The lowest BCUT2D eigenvalue weighted by Gasteiger charge is -2.14. The Kier molecular flexibility index (Phi) is 6.95. The molecule has 1 atom stereocenters. The highest BCUT2D eigenvalue weighted by Crippen LogP contribution is 2.34. The van der Waals surface area contributed by atoms with E-state index in [-0.39, 0.29) is 34.6 Å². The summed E-state index contributed by atoms with van der Waals surface area (Å²) < 4.78 is 71.3. The Hall–Kier alpha value is -3.62. The molecule has 1 unspecified atom stereocenters. The Morgan fingerprint density at radius 1 is 1.17 bits per heavy atom. The van der Waals surface area contributed by atoms with Gasteiger partial charge < -0.3 is 15.2 Å². The lowest BCUT2D eigenvalue weighted by Crippen LogP contribution is -2.26. The van der Waals surface area contributed by atoms with Crippen molar-refractivity contribution in [3.05, 3.63) is 66.1 Å². The van der Waals surface area contributed by atoms with Gasteiger partial charge in [0.1, 0.15) is 22.9 Å². The fourth-order valence-corrected chi connectivity index (χ4v) is 4.26. The van der Waals surface area contributed by atoms with Crippen molar-refractivity contribution in [2.75, 3.05) is 24.4 Å². The molecule has 0 aliphatic heterocycles. The highest BCUT2D eigenvalue weighted by Gasteiger charge is 2.35. The summed E-state index contributed by atoms with van der Waals surface area (Å²) in [5, 5.41) is 25.1. The molecule has 0 radical (unpaired) electrons. The average molecular weight is 510 g/mol. The number of hydrogen-bond donors (Lipinski definition) is 5. The maximum atomic E-state index is 12.9. The van der Waals surface area contributed by atoms with Gasteiger partial charge in [-0.05, 0) is 29.8 Å². The first-order chi connectivity index (χ1) is 16.6. The number of H-pyrrole nitrogens is 2. The van der Waals surface area contributed by atoms with Crippen molar-refractivity contribution in [1.82, 2.24) is 25.7 Å². The van der Waals surface area contributed by atoms with Crippen LogP contribution in [-0.4, -0.2) is 53.6 Å². The normalized spacial score (nSPS) is 13.1. The molecule has 14 heteroatoms. The number of ether oxygens (including phenoxy) is 1. The number of aliphatic hydroxyl groups is 1. The lowest BCUT2D eigenvalue weighted by atomic mass is 10.1. The standard InChI is InChI=1S/C21H21F3N6O4S/c22-21(23,24)20-17-5-4-15(9-18(17)28-29-20)34-7-6-25-12-19(31)13-2-1-3-14(8-13)30-35(32,33)16-10-26-27-11-16/h1-5,8-11,19,25,30-31H,6-7,12H2,(H,26,27)(H,28,29). The SMILES string of the molecule is O=S(=O)(Nc1cccc(C(O)CNCCOc2ccc3c(C(F)(F)F)[nH]nc3c2)c1)c1cn[nH]c1. The van der Waals surface area contributed by atoms with Crippen LogP contribution in [0.15, 0.2) is 59.8 Å². The van der Waals surface area contributed by atoms with Crippen LogP contribution >= 0.6 is 0 Å². The first-order valence-corrected chi connectivity index (χ1v) is 11.8. The van der Waals surface area contributed by atoms with Gasteiger partial charge >= 0.3 is 6.18 Å². The van der Waals surface area contributed by atoms with Gasteiger partial charge in [-0.3, -0.25) is 14.9 Å². The molecule has 0 amide bonds. The highest BCUT2D eigenvalue weighted by molar-refractivity contribution is 7.92. The molecule has 2 aromatic carbocycles. The van der Waals surface area contributed by atoms with Crippen molar-refractivity contribution < 1.29 is 31.4 Å². The van der Waals surface area contributed by atoms with Crippen molar-refractivity contribution in [1.29, 1.82) is 0 Å². The topological polar surface area (TPSA) is 145 Å². The number of halogens is 3. The molecule has 0 saturated carbocycles. The summed E-state index contributed by atoms with van der Waals surface area (Å²) in [6.07, 6.45) is -3.01. The van der Waals surface area contributed by atoms with E-state index in [0.717, 1.165) is 0 Å². The third-order valence-electron chi connectivity index (χ3n) is 5.00. The van der Waals surface area contributed by atoms with Crippen molar-refractivity contribution in [3.63, 3.8) is 0 Å². The molecular weight excluding hydrogens is 489 g/mol. The fourth-order valence-electron chi connectivity index (χ4n) is 3.30. The molecule has 0 spiro atoms. The predicted molar refractivity (Wildman–Crippen MR) is 120 cm³/mol. The van der Waals surface area contributed by atoms with Crippen LogP contribution in [0.1, 0.15) is 17.4 Å². The molecule has 2 heterocycles. The number of fused-ring (bicyclic) bond motifs is 1. The zero-order valence-corrected chi connectivity index (χ0v) is 18.8. The van der Waals surface area contributed by atoms with E-state index in [1.165, 1.54) is 36.7 Å². The van der Waals surface area contributed by atoms with Gasteiger partial charge in [0.2, 0.25) is 0 Å². The summed E-state index contributed by atoms with van der Waals surface area (Å²) in [5.41, 5.74) is 0.0123. The number of aromatic amines is 2. The molecule has 0 fully saturated rings. The molecule has 4 rings (SSSR count). The minimum absolute atomic E-state index is 0.0163. The largest absolute Gasteiger partial charge is 0.492 e. The summed E-state index contributed by atoms with van der Waals surface area (Å²) >= 11 is 0. The van der Waals surface area contributed by atoms with Crippen molar-refractivity contribution in [3.8, 4) is 5.75 Å². The maximum Gasteiger partial charge on any atom is 0.433 e. The van der Waals surface area contributed by atoms with Crippen LogP contribution in [0.5, 0.6) is 5.75 Å². The van der Waals surface area contributed by atoms with Gasteiger partial charge in [-0.15, -0.1) is 0 Å². The summed E-state index contributed by atoms with van der Waals surface area (Å²) in [5.74, 6) is 0.359. The molecule has 0 aliphatic carbocycles. The van der Waals surface area contributed by atoms with E-state index in [4.69, 9.17) is 4.74 Å². The van der Waals surface area contributed by atoms with Crippen LogP contribution in [0.3, 0.4) is 0 Å². The van der Waals surface area contributed by atoms with Crippen LogP contribution in [0.25, 0.3) is 10.9 Å². The third kappa shape index (κ3) is 5.90. The molecule has 35 heavy (non-hydrogen) atoms. The number of aliphatic hydroxyl groups excluding tert-OH is 1. The number of nitrogens with zero attached hydrogens (tertiary/aromatic N) is 2. The molecule has 0 aliphatic rings. The average Bonchev–Trinajstić information content (AvgIpc) is 3.49. The van der Waals surface area contributed by atoms with Gasteiger partial charge in [0.15, 0.2) is 0 Å². The number of hydrogen-bond acceptors (Lipinski definition) is 7. The van der Waals surface area contributed by atoms with Crippen molar-refractivity contribution in [2.24, 2.45) is 0 Å². The Balaban J connectivity index is 1.26. The maximum absolute atomic E-state index is 12.9. The summed E-state index contributed by atoms with van der Waals surface area (Å²) in [7, 11) is -3.80. The summed E-state index contributed by atoms with van der Waals surface area (Å²) in [6, 6.07) is 10.5. The number of alkyl halides is 3. The molecule has 5 N–H and O–H groups in total. The minimum atomic E-state index is -4.52. The van der Waals surface area contributed by atoms with E-state index in [0.29, 0.717) is 17.9 Å². The molecule has 186 valence electrons. The molecule has 0 bridgehead atoms. The number of rotatable bonds is 10. The van der Waals surface area contributed by atoms with Crippen LogP contribution in [0.2, 0.25) is 0 Å². The first kappa shape index (κ1) is 24.5. The molecule has 0 saturated heterocycles. The van der Waals surface area contributed by atoms with Gasteiger partial charge in [-0.2, -0.15) is 23.4 Å². The molecule has 2 aromatic heterocycles. The first-order valence-electron chi connectivity index (χ1n) is 10.3. The van der Waals surface area contributed by atoms with E-state index in [1.807, 2.05) is 5.10 Å². The Morgan fingerprint density at radius 2 is 2.00 bits per heavy atom. The number of sulfonamides is 1. The van der Waals surface area contributed by atoms with Crippen LogP contribution in [0.4, 0.5) is 18.9 Å². The smallest absolute Gasteiger partial charge is 0.433 e. The zero-order chi connectivity index (χ0) is 25.1. The molecule has 4 aromatic rings. The minimum Gasteiger partial charge on any atom is -0.492 e. The number of anilines is 1. The number of aromatic nitrogens is 4. The lowest BCUT2D eigenvalue weighted by molar-refractivity contribution is -0.139. The predicted octanol–water partition coefficient (Wildman–Crippen LogP) is 2.81. The quantitative estimate of drug-likeness (QED) is 0.206. The summed E-state index contributed by atoms with van der Waals surface area (Å²) in [6.45, 7) is 0.699. The second-order valence-electron chi connectivity index (χ2n) is 7.51. The van der Waals surface area contributed by atoms with Crippen molar-refractivity contribution >= 4 is 26.6 Å². The molecular formula is C21H21F3N6O4S. The van der Waals surface area contributed by atoms with E-state index in [2.05, 4.69) is 25.3 Å². The summed E-state index contributed by atoms with van der Waals surface area (Å²) in [4.78, 5) is -0.0163. The number of nitrogens with one attached hydrogen (secondary N) is 4. The third-order valence-corrected chi connectivity index (χ3v) is 6.35. The van der Waals surface area contributed by atoms with E-state index in [1.54, 1.807) is 18.2 Å². The Labute approximate surface area is 197 Å². The van der Waals surface area contributed by atoms with E-state index >= 15 is 0 Å². The fraction of sp³-hybridized carbons (Fsp3) is 0.238. The van der Waals surface area contributed by atoms with Gasteiger partial charge in [-0.1, -0.05) is 12.1 Å². The number of benzene rings is 2. The van der Waals surface area contributed by atoms with Crippen molar-refractivity contribution in [2.45, 2.75) is 17.2 Å². The zero-order valence-electron chi connectivity index (χ0n) is 18.0. The second-order valence-corrected chi connectivity index (χ2v) is 9.19. The van der Waals surface area contributed by atoms with Crippen LogP contribution < -0.4 is 14.8 Å². The van der Waals surface area contributed by atoms with E-state index in [9.17, 15) is 26.7 Å². The second kappa shape index (κ2) is 9.93. The highest BCUT2D eigenvalue weighted by atomic mass is 32.2. The van der Waals surface area contributed by atoms with Crippen LogP contribution in [-0.2, 0) is 16.2 Å². The van der Waals surface area contributed by atoms with Gasteiger partial charge in [0.05, 0.1) is 17.8 Å². The van der Waals surface area contributed by atoms with Gasteiger partial charge in [0.25, 0.3) is 10.0 Å². The Morgan fingerprint density at radius 3 is 2.74 bits per heavy atom. The van der Waals surface area contributed by atoms with Gasteiger partial charge in [-0.25, -0.2) is 8.42 Å². The molecule has 10 nitrogen and oxygen atoms in total. The monoisotopic (exact) mass is 510 g/mol. The van der Waals surface area contributed by atoms with E-state index < -0.39 is 28.0 Å². The Bertz CT molecular complexity index is 1390.